The Morgan fingerprint density at radius 3 is 1.53 bits per heavy atom. The molecule has 12 aromatic carbocycles. The number of aromatic nitrogens is 1. The third-order valence-electron chi connectivity index (χ3n) is 19.2. The zero-order valence-corrected chi connectivity index (χ0v) is 51.4. The smallest absolute Gasteiger partial charge is 0.0713 e. The zero-order valence-electron chi connectivity index (χ0n) is 51.4. The van der Waals surface area contributed by atoms with Crippen molar-refractivity contribution in [1.29, 1.82) is 0 Å². The summed E-state index contributed by atoms with van der Waals surface area (Å²) in [7, 11) is 0. The van der Waals surface area contributed by atoms with Gasteiger partial charge in [0.15, 0.2) is 0 Å². The second kappa shape index (κ2) is 21.1. The SMILES string of the molecule is CC(C)(C)c1cc(-c2cccc3cccc(-c4ccccc4N(C4=CCC(C)(c5cccc6c7ccccc7n(-c7ccccc7)c56)C=C4)c4ccccc4-c4cccc5c4-c4ccccc4C5(c4ccccc4)c4ccccc4)c23)cc(C(C)(C)C)c1. The number of fused-ring (bicyclic) bond motifs is 7. The number of para-hydroxylation sites is 5. The highest BCUT2D eigenvalue weighted by Gasteiger charge is 2.47. The van der Waals surface area contributed by atoms with Gasteiger partial charge in [0.1, 0.15) is 0 Å². The molecular weight excluding hydrogens is 1060 g/mol. The zero-order chi connectivity index (χ0) is 59.9. The van der Waals surface area contributed by atoms with Gasteiger partial charge in [0.25, 0.3) is 0 Å². The number of hydrogen-bond donors (Lipinski definition) is 0. The maximum Gasteiger partial charge on any atom is 0.0713 e. The molecule has 0 fully saturated rings. The number of anilines is 2. The van der Waals surface area contributed by atoms with Crippen LogP contribution in [0.25, 0.3) is 82.8 Å². The maximum absolute atomic E-state index is 2.59. The first-order valence-corrected chi connectivity index (χ1v) is 31.3. The van der Waals surface area contributed by atoms with Gasteiger partial charge in [-0.15, -0.1) is 0 Å². The van der Waals surface area contributed by atoms with Gasteiger partial charge >= 0.3 is 0 Å². The second-order valence-electron chi connectivity index (χ2n) is 26.6. The molecule has 88 heavy (non-hydrogen) atoms. The standard InChI is InChI=1S/C86H72N2/c1-83(2,3)62-55-59(56-63(57-62)84(4,5)6)66-41-25-29-58-30-26-42-70(80(58)66)67-37-18-22-48-77(67)87(65-51-53-85(7,54-52-65)76-47-28-44-72-69-39-20-24-50-79(69)88(82(72)76)64-35-15-10-16-36-64)78-49-23-19-38-68(78)71-43-27-46-75-81(71)73-40-17-21-45-74(73)86(75,60-31-11-8-12-32-60)61-33-13-9-14-34-61/h8-53,55-57H,54H2,1-7H3. The Hall–Kier alpha value is -10.0. The summed E-state index contributed by atoms with van der Waals surface area (Å²) in [5.74, 6) is 0. The normalized spacial score (nSPS) is 15.3. The largest absolute Gasteiger partial charge is 0.310 e. The molecule has 13 aromatic rings. The Labute approximate surface area is 519 Å². The number of rotatable bonds is 10. The molecule has 426 valence electrons. The van der Waals surface area contributed by atoms with Crippen LogP contribution in [0.1, 0.15) is 93.8 Å². The summed E-state index contributed by atoms with van der Waals surface area (Å²) < 4.78 is 2.49. The van der Waals surface area contributed by atoms with E-state index in [9.17, 15) is 0 Å². The summed E-state index contributed by atoms with van der Waals surface area (Å²) in [6.07, 6.45) is 8.21. The highest BCUT2D eigenvalue weighted by atomic mass is 15.2. The molecule has 0 amide bonds. The van der Waals surface area contributed by atoms with Crippen molar-refractivity contribution in [3.8, 4) is 50.2 Å². The molecule has 1 heterocycles. The molecular formula is C86H72N2. The number of nitrogens with zero attached hydrogens (tertiary/aromatic N) is 2. The van der Waals surface area contributed by atoms with Crippen LogP contribution in [0.3, 0.4) is 0 Å². The third-order valence-corrected chi connectivity index (χ3v) is 19.2. The summed E-state index contributed by atoms with van der Waals surface area (Å²) in [6, 6.07) is 105. The Kier molecular flexibility index (Phi) is 13.1. The first-order chi connectivity index (χ1) is 42.8. The van der Waals surface area contributed by atoms with E-state index in [0.29, 0.717) is 0 Å². The molecule has 2 aliphatic rings. The van der Waals surface area contributed by atoms with Gasteiger partial charge in [0.2, 0.25) is 0 Å². The van der Waals surface area contributed by atoms with E-state index in [1.54, 1.807) is 0 Å². The molecule has 15 rings (SSSR count). The number of benzene rings is 12. The van der Waals surface area contributed by atoms with Crippen LogP contribution in [0.5, 0.6) is 0 Å². The first kappa shape index (κ1) is 54.6. The van der Waals surface area contributed by atoms with Gasteiger partial charge in [-0.05, 0) is 137 Å². The molecule has 1 atom stereocenters. The van der Waals surface area contributed by atoms with Gasteiger partial charge in [-0.3, -0.25) is 0 Å². The summed E-state index contributed by atoms with van der Waals surface area (Å²) in [5, 5.41) is 4.98. The van der Waals surface area contributed by atoms with Crippen molar-refractivity contribution in [2.24, 2.45) is 0 Å². The molecule has 0 saturated heterocycles. The Morgan fingerprint density at radius 2 is 0.898 bits per heavy atom. The highest BCUT2D eigenvalue weighted by molar-refractivity contribution is 6.12. The summed E-state index contributed by atoms with van der Waals surface area (Å²) >= 11 is 0. The van der Waals surface area contributed by atoms with Crippen LogP contribution < -0.4 is 4.90 Å². The van der Waals surface area contributed by atoms with E-state index in [0.717, 1.165) is 40.3 Å². The topological polar surface area (TPSA) is 8.17 Å². The predicted molar refractivity (Wildman–Crippen MR) is 374 cm³/mol. The molecule has 0 spiro atoms. The van der Waals surface area contributed by atoms with E-state index in [4.69, 9.17) is 0 Å². The minimum Gasteiger partial charge on any atom is -0.310 e. The minimum absolute atomic E-state index is 0.0421. The lowest BCUT2D eigenvalue weighted by Gasteiger charge is -2.36. The van der Waals surface area contributed by atoms with Crippen LogP contribution in [0.2, 0.25) is 0 Å². The van der Waals surface area contributed by atoms with Crippen molar-refractivity contribution in [2.45, 2.75) is 76.5 Å². The van der Waals surface area contributed by atoms with Gasteiger partial charge in [-0.1, -0.05) is 309 Å². The predicted octanol–water partition coefficient (Wildman–Crippen LogP) is 22.8. The monoisotopic (exact) mass is 1130 g/mol. The second-order valence-corrected chi connectivity index (χ2v) is 26.6. The van der Waals surface area contributed by atoms with Crippen LogP contribution in [-0.4, -0.2) is 4.57 Å². The van der Waals surface area contributed by atoms with Crippen LogP contribution in [0.4, 0.5) is 11.4 Å². The molecule has 0 aliphatic heterocycles. The number of allylic oxidation sites excluding steroid dienone is 3. The Bertz CT molecular complexity index is 4830. The molecule has 0 saturated carbocycles. The molecule has 1 aromatic heterocycles. The summed E-state index contributed by atoms with van der Waals surface area (Å²) in [6.45, 7) is 16.4. The molecule has 0 radical (unpaired) electrons. The lowest BCUT2D eigenvalue weighted by Crippen LogP contribution is -2.28. The molecule has 0 N–H and O–H groups in total. The summed E-state index contributed by atoms with van der Waals surface area (Å²) in [5.41, 5.74) is 24.8. The fraction of sp³-hybridized carbons (Fsp3) is 0.140. The van der Waals surface area contributed by atoms with E-state index in [1.165, 1.54) is 105 Å². The Balaban J connectivity index is 0.967. The van der Waals surface area contributed by atoms with Gasteiger partial charge in [0, 0.05) is 38.7 Å². The van der Waals surface area contributed by atoms with Crippen LogP contribution in [0, 0.1) is 0 Å². The van der Waals surface area contributed by atoms with Gasteiger partial charge in [-0.2, -0.15) is 0 Å². The van der Waals surface area contributed by atoms with Crippen LogP contribution >= 0.6 is 0 Å². The fourth-order valence-electron chi connectivity index (χ4n) is 14.8. The maximum atomic E-state index is 2.59. The van der Waals surface area contributed by atoms with Gasteiger partial charge in [0.05, 0.1) is 27.8 Å². The minimum atomic E-state index is -0.550. The average Bonchev–Trinajstić information content (AvgIpc) is 1.53. The van der Waals surface area contributed by atoms with Crippen molar-refractivity contribution in [3.63, 3.8) is 0 Å². The van der Waals surface area contributed by atoms with Gasteiger partial charge < -0.3 is 9.47 Å². The lowest BCUT2D eigenvalue weighted by atomic mass is 9.67. The van der Waals surface area contributed by atoms with Gasteiger partial charge in [-0.25, -0.2) is 0 Å². The van der Waals surface area contributed by atoms with Crippen molar-refractivity contribution in [3.05, 3.63) is 342 Å². The van der Waals surface area contributed by atoms with Crippen LogP contribution in [0.15, 0.2) is 303 Å². The molecule has 2 heteroatoms. The lowest BCUT2D eigenvalue weighted by molar-refractivity contribution is 0.569. The average molecular weight is 1130 g/mol. The molecule has 0 bridgehead atoms. The van der Waals surface area contributed by atoms with E-state index >= 15 is 0 Å². The first-order valence-electron chi connectivity index (χ1n) is 31.3. The molecule has 1 unspecified atom stereocenters. The van der Waals surface area contributed by atoms with Crippen molar-refractivity contribution in [1.82, 2.24) is 4.57 Å². The molecule has 2 aliphatic carbocycles. The fourth-order valence-corrected chi connectivity index (χ4v) is 14.8. The summed E-state index contributed by atoms with van der Waals surface area (Å²) in [4.78, 5) is 2.59. The third kappa shape index (κ3) is 8.83. The van der Waals surface area contributed by atoms with Crippen LogP contribution in [-0.2, 0) is 21.7 Å². The van der Waals surface area contributed by atoms with Crippen molar-refractivity contribution >= 4 is 44.0 Å². The van der Waals surface area contributed by atoms with E-state index < -0.39 is 5.41 Å². The number of hydrogen-bond acceptors (Lipinski definition) is 1. The van der Waals surface area contributed by atoms with Crippen molar-refractivity contribution < 1.29 is 0 Å². The Morgan fingerprint density at radius 1 is 0.409 bits per heavy atom. The molecule has 2 nitrogen and oxygen atoms in total. The van der Waals surface area contributed by atoms with E-state index in [1.807, 2.05) is 0 Å². The van der Waals surface area contributed by atoms with Crippen molar-refractivity contribution in [2.75, 3.05) is 4.90 Å². The highest BCUT2D eigenvalue weighted by Crippen LogP contribution is 2.59. The van der Waals surface area contributed by atoms with E-state index in [2.05, 4.69) is 355 Å². The van der Waals surface area contributed by atoms with E-state index in [-0.39, 0.29) is 16.2 Å². The quantitative estimate of drug-likeness (QED) is 0.132.